The Hall–Kier alpha value is -1.49. The lowest BCUT2D eigenvalue weighted by Gasteiger charge is -2.21. The molecule has 1 aromatic carbocycles. The highest BCUT2D eigenvalue weighted by Crippen LogP contribution is 2.24. The summed E-state index contributed by atoms with van der Waals surface area (Å²) in [7, 11) is 1.82. The van der Waals surface area contributed by atoms with Gasteiger partial charge in [0.2, 0.25) is 0 Å². The topological polar surface area (TPSA) is 27.0 Å². The van der Waals surface area contributed by atoms with Gasteiger partial charge in [0.1, 0.15) is 0 Å². The van der Waals surface area contributed by atoms with E-state index in [1.54, 1.807) is 4.90 Å². The molecule has 0 heterocycles. The Morgan fingerprint density at radius 3 is 2.47 bits per heavy atom. The van der Waals surface area contributed by atoms with Crippen molar-refractivity contribution in [3.63, 3.8) is 0 Å². The molecule has 0 saturated carbocycles. The average molecular weight is 230 g/mol. The Bertz CT molecular complexity index is 422. The molecule has 0 aliphatic rings. The SMILES string of the molecule is Cc1ccc(C(C)(C)C)cc1CCN(C)C#N. The Morgan fingerprint density at radius 1 is 1.29 bits per heavy atom. The Labute approximate surface area is 105 Å². The van der Waals surface area contributed by atoms with E-state index in [2.05, 4.69) is 52.1 Å². The number of hydrogen-bond acceptors (Lipinski definition) is 2. The first-order valence-electron chi connectivity index (χ1n) is 6.05. The summed E-state index contributed by atoms with van der Waals surface area (Å²) in [6.45, 7) is 9.59. The zero-order valence-electron chi connectivity index (χ0n) is 11.5. The summed E-state index contributed by atoms with van der Waals surface area (Å²) in [6.07, 6.45) is 3.06. The zero-order valence-corrected chi connectivity index (χ0v) is 11.5. The van der Waals surface area contributed by atoms with E-state index in [1.165, 1.54) is 16.7 Å². The molecule has 0 radical (unpaired) electrons. The number of likely N-dealkylation sites (N-methyl/N-ethyl adjacent to an activating group) is 1. The largest absolute Gasteiger partial charge is 0.313 e. The van der Waals surface area contributed by atoms with Crippen LogP contribution in [0.25, 0.3) is 0 Å². The van der Waals surface area contributed by atoms with E-state index < -0.39 is 0 Å². The maximum absolute atomic E-state index is 8.74. The summed E-state index contributed by atoms with van der Waals surface area (Å²) in [5, 5.41) is 8.74. The average Bonchev–Trinajstić information content (AvgIpc) is 2.26. The van der Waals surface area contributed by atoms with Crippen molar-refractivity contribution >= 4 is 0 Å². The molecule has 0 aliphatic heterocycles. The first-order chi connectivity index (χ1) is 7.84. The molecule has 0 atom stereocenters. The van der Waals surface area contributed by atoms with Gasteiger partial charge in [-0.15, -0.1) is 0 Å². The van der Waals surface area contributed by atoms with Crippen LogP contribution in [0.15, 0.2) is 18.2 Å². The molecule has 1 rings (SSSR count). The number of nitrogens with zero attached hydrogens (tertiary/aromatic N) is 2. The maximum Gasteiger partial charge on any atom is 0.179 e. The fourth-order valence-electron chi connectivity index (χ4n) is 1.75. The molecule has 17 heavy (non-hydrogen) atoms. The van der Waals surface area contributed by atoms with Gasteiger partial charge < -0.3 is 4.90 Å². The van der Waals surface area contributed by atoms with E-state index in [0.717, 1.165) is 13.0 Å². The normalized spacial score (nSPS) is 11.1. The van der Waals surface area contributed by atoms with Crippen LogP contribution in [0.1, 0.15) is 37.5 Å². The summed E-state index contributed by atoms with van der Waals surface area (Å²) < 4.78 is 0. The molecule has 2 heteroatoms. The molecular weight excluding hydrogens is 208 g/mol. The van der Waals surface area contributed by atoms with Crippen LogP contribution >= 0.6 is 0 Å². The van der Waals surface area contributed by atoms with Gasteiger partial charge in [-0.3, -0.25) is 0 Å². The van der Waals surface area contributed by atoms with Crippen LogP contribution in [0.5, 0.6) is 0 Å². The summed E-state index contributed by atoms with van der Waals surface area (Å²) >= 11 is 0. The van der Waals surface area contributed by atoms with Crippen molar-refractivity contribution in [2.24, 2.45) is 0 Å². The molecule has 92 valence electrons. The second-order valence-corrected chi connectivity index (χ2v) is 5.66. The molecule has 0 aliphatic carbocycles. The van der Waals surface area contributed by atoms with Crippen LogP contribution in [0.2, 0.25) is 0 Å². The highest BCUT2D eigenvalue weighted by molar-refractivity contribution is 5.34. The number of benzene rings is 1. The van der Waals surface area contributed by atoms with Crippen LogP contribution in [-0.2, 0) is 11.8 Å². The van der Waals surface area contributed by atoms with Gasteiger partial charge >= 0.3 is 0 Å². The smallest absolute Gasteiger partial charge is 0.179 e. The standard InChI is InChI=1S/C15H22N2/c1-12-6-7-14(15(2,3)4)10-13(12)8-9-17(5)11-16/h6-7,10H,8-9H2,1-5H3. The van der Waals surface area contributed by atoms with E-state index in [-0.39, 0.29) is 5.41 Å². The second kappa shape index (κ2) is 5.23. The quantitative estimate of drug-likeness (QED) is 0.588. The van der Waals surface area contributed by atoms with E-state index in [4.69, 9.17) is 5.26 Å². The lowest BCUT2D eigenvalue weighted by molar-refractivity contribution is 0.477. The Morgan fingerprint density at radius 2 is 1.94 bits per heavy atom. The van der Waals surface area contributed by atoms with Crippen LogP contribution in [0.4, 0.5) is 0 Å². The van der Waals surface area contributed by atoms with Gasteiger partial charge in [0.15, 0.2) is 6.19 Å². The molecule has 2 nitrogen and oxygen atoms in total. The lowest BCUT2D eigenvalue weighted by atomic mass is 9.85. The van der Waals surface area contributed by atoms with Crippen molar-refractivity contribution in [1.29, 1.82) is 5.26 Å². The number of hydrogen-bond donors (Lipinski definition) is 0. The first-order valence-corrected chi connectivity index (χ1v) is 6.05. The summed E-state index contributed by atoms with van der Waals surface area (Å²) in [5.41, 5.74) is 4.20. The lowest BCUT2D eigenvalue weighted by Crippen LogP contribution is -2.16. The van der Waals surface area contributed by atoms with Crippen molar-refractivity contribution in [1.82, 2.24) is 4.90 Å². The molecule has 0 fully saturated rings. The Balaban J connectivity index is 2.89. The van der Waals surface area contributed by atoms with Gasteiger partial charge in [0.05, 0.1) is 0 Å². The predicted octanol–water partition coefficient (Wildman–Crippen LogP) is 3.25. The summed E-state index contributed by atoms with van der Waals surface area (Å²) in [5.74, 6) is 0. The minimum Gasteiger partial charge on any atom is -0.313 e. The van der Waals surface area contributed by atoms with Crippen LogP contribution in [0, 0.1) is 18.4 Å². The molecule has 0 aromatic heterocycles. The van der Waals surface area contributed by atoms with Gasteiger partial charge in [-0.05, 0) is 35.4 Å². The fraction of sp³-hybridized carbons (Fsp3) is 0.533. The van der Waals surface area contributed by atoms with Gasteiger partial charge in [0, 0.05) is 13.6 Å². The first kappa shape index (κ1) is 13.6. The maximum atomic E-state index is 8.74. The fourth-order valence-corrected chi connectivity index (χ4v) is 1.75. The monoisotopic (exact) mass is 230 g/mol. The Kier molecular flexibility index (Phi) is 4.17. The predicted molar refractivity (Wildman–Crippen MR) is 71.8 cm³/mol. The number of aryl methyl sites for hydroxylation is 1. The van der Waals surface area contributed by atoms with E-state index in [1.807, 2.05) is 7.05 Å². The van der Waals surface area contributed by atoms with Crippen molar-refractivity contribution in [2.75, 3.05) is 13.6 Å². The molecule has 0 amide bonds. The van der Waals surface area contributed by atoms with Crippen LogP contribution < -0.4 is 0 Å². The van der Waals surface area contributed by atoms with Gasteiger partial charge in [-0.2, -0.15) is 5.26 Å². The van der Waals surface area contributed by atoms with Crippen LogP contribution in [-0.4, -0.2) is 18.5 Å². The molecule has 0 bridgehead atoms. The minimum atomic E-state index is 0.184. The molecule has 0 saturated heterocycles. The van der Waals surface area contributed by atoms with Crippen molar-refractivity contribution in [2.45, 2.75) is 39.5 Å². The molecule has 0 N–H and O–H groups in total. The third-order valence-corrected chi connectivity index (χ3v) is 3.10. The van der Waals surface area contributed by atoms with Gasteiger partial charge in [0.25, 0.3) is 0 Å². The van der Waals surface area contributed by atoms with Gasteiger partial charge in [-0.25, -0.2) is 0 Å². The van der Waals surface area contributed by atoms with Crippen LogP contribution in [0.3, 0.4) is 0 Å². The molecule has 1 aromatic rings. The van der Waals surface area contributed by atoms with E-state index in [9.17, 15) is 0 Å². The third-order valence-electron chi connectivity index (χ3n) is 3.10. The summed E-state index contributed by atoms with van der Waals surface area (Å²) in [4.78, 5) is 1.67. The molecular formula is C15H22N2. The van der Waals surface area contributed by atoms with E-state index >= 15 is 0 Å². The number of nitriles is 1. The van der Waals surface area contributed by atoms with Crippen molar-refractivity contribution in [3.8, 4) is 6.19 Å². The minimum absolute atomic E-state index is 0.184. The van der Waals surface area contributed by atoms with Gasteiger partial charge in [-0.1, -0.05) is 39.0 Å². The summed E-state index contributed by atoms with van der Waals surface area (Å²) in [6, 6.07) is 6.66. The van der Waals surface area contributed by atoms with Crippen molar-refractivity contribution < 1.29 is 0 Å². The van der Waals surface area contributed by atoms with E-state index in [0.29, 0.717) is 0 Å². The number of rotatable bonds is 3. The highest BCUT2D eigenvalue weighted by Gasteiger charge is 2.14. The molecule has 0 unspecified atom stereocenters. The molecule has 0 spiro atoms. The zero-order chi connectivity index (χ0) is 13.1. The highest BCUT2D eigenvalue weighted by atomic mass is 15.1. The van der Waals surface area contributed by atoms with Crippen molar-refractivity contribution in [3.05, 3.63) is 34.9 Å². The second-order valence-electron chi connectivity index (χ2n) is 5.66. The third kappa shape index (κ3) is 3.78.